The van der Waals surface area contributed by atoms with Crippen LogP contribution in [-0.4, -0.2) is 9.97 Å². The van der Waals surface area contributed by atoms with Crippen molar-refractivity contribution in [3.05, 3.63) is 168 Å². The second kappa shape index (κ2) is 12.2. The highest BCUT2D eigenvalue weighted by molar-refractivity contribution is 7.26. The molecule has 0 radical (unpaired) electrons. The summed E-state index contributed by atoms with van der Waals surface area (Å²) in [5.41, 5.74) is 10.4. The van der Waals surface area contributed by atoms with Gasteiger partial charge in [0.15, 0.2) is 0 Å². The SMILES string of the molecule is Cc1ccccc1-c1c(C)c2sc3ccccc3c2c2ccccc12.Cc1nc2c(ccc3ccccc32)nc1-c1ccc2ccccc2c1. The standard InChI is InChI=1S/C24H18S.C23H16N2/c1-15-9-3-4-10-17(15)22-16(2)24-23(19-12-6-5-11-18(19)22)20-13-7-8-14-21(20)25-24;1-15-22(19-11-10-16-6-2-3-8-18(16)14-19)25-21-13-12-17-7-4-5-9-20(17)23(21)24-15/h3-14H,1-2H3;2-14H,1H3. The summed E-state index contributed by atoms with van der Waals surface area (Å²) in [6.45, 7) is 6.53. The van der Waals surface area contributed by atoms with Crippen LogP contribution in [0.25, 0.3) is 85.9 Å². The van der Waals surface area contributed by atoms with E-state index in [-0.39, 0.29) is 0 Å². The summed E-state index contributed by atoms with van der Waals surface area (Å²) in [7, 11) is 0. The van der Waals surface area contributed by atoms with Crippen LogP contribution in [0.2, 0.25) is 0 Å². The van der Waals surface area contributed by atoms with E-state index in [4.69, 9.17) is 9.97 Å². The van der Waals surface area contributed by atoms with E-state index in [1.165, 1.54) is 69.4 Å². The van der Waals surface area contributed by atoms with Gasteiger partial charge in [0.1, 0.15) is 0 Å². The molecule has 2 nitrogen and oxygen atoms in total. The average molecular weight is 659 g/mol. The molecular weight excluding hydrogens is 625 g/mol. The Balaban J connectivity index is 0.000000135. The van der Waals surface area contributed by atoms with Gasteiger partial charge < -0.3 is 0 Å². The Morgan fingerprint density at radius 2 is 1.14 bits per heavy atom. The van der Waals surface area contributed by atoms with E-state index in [0.29, 0.717) is 0 Å². The van der Waals surface area contributed by atoms with Gasteiger partial charge in [0, 0.05) is 31.1 Å². The summed E-state index contributed by atoms with van der Waals surface area (Å²) >= 11 is 1.92. The van der Waals surface area contributed by atoms with E-state index in [1.807, 2.05) is 18.3 Å². The van der Waals surface area contributed by atoms with Gasteiger partial charge in [-0.1, -0.05) is 133 Å². The number of benzene rings is 8. The number of hydrogen-bond donors (Lipinski definition) is 0. The van der Waals surface area contributed by atoms with Crippen LogP contribution in [0.15, 0.2) is 152 Å². The molecular formula is C47H34N2S. The molecule has 0 fully saturated rings. The molecule has 0 aliphatic heterocycles. The molecule has 0 unspecified atom stereocenters. The van der Waals surface area contributed by atoms with Crippen LogP contribution in [-0.2, 0) is 0 Å². The molecule has 3 heteroatoms. The van der Waals surface area contributed by atoms with Crippen LogP contribution in [0.3, 0.4) is 0 Å². The van der Waals surface area contributed by atoms with E-state index < -0.39 is 0 Å². The summed E-state index contributed by atoms with van der Waals surface area (Å²) < 4.78 is 2.78. The van der Waals surface area contributed by atoms with E-state index in [0.717, 1.165) is 33.4 Å². The van der Waals surface area contributed by atoms with Crippen molar-refractivity contribution in [2.24, 2.45) is 0 Å². The van der Waals surface area contributed by atoms with Crippen molar-refractivity contribution in [1.29, 1.82) is 0 Å². The summed E-state index contributed by atoms with van der Waals surface area (Å²) in [6, 6.07) is 53.7. The van der Waals surface area contributed by atoms with Gasteiger partial charge in [-0.25, -0.2) is 9.97 Å². The van der Waals surface area contributed by atoms with Gasteiger partial charge in [-0.05, 0) is 88.2 Å². The molecule has 2 heterocycles. The van der Waals surface area contributed by atoms with Gasteiger partial charge >= 0.3 is 0 Å². The van der Waals surface area contributed by atoms with Gasteiger partial charge in [-0.3, -0.25) is 0 Å². The minimum Gasteiger partial charge on any atom is -0.249 e. The second-order valence-electron chi connectivity index (χ2n) is 13.0. The molecule has 0 aliphatic rings. The van der Waals surface area contributed by atoms with Gasteiger partial charge in [-0.2, -0.15) is 0 Å². The van der Waals surface area contributed by atoms with Crippen molar-refractivity contribution in [3.8, 4) is 22.4 Å². The predicted molar refractivity (Wildman–Crippen MR) is 216 cm³/mol. The molecule has 0 aliphatic carbocycles. The third-order valence-corrected chi connectivity index (χ3v) is 11.2. The third kappa shape index (κ3) is 5.01. The lowest BCUT2D eigenvalue weighted by Gasteiger charge is -2.15. The van der Waals surface area contributed by atoms with Gasteiger partial charge in [0.2, 0.25) is 0 Å². The maximum absolute atomic E-state index is 4.94. The van der Waals surface area contributed by atoms with Crippen molar-refractivity contribution in [2.75, 3.05) is 0 Å². The van der Waals surface area contributed by atoms with E-state index in [9.17, 15) is 0 Å². The Bertz CT molecular complexity index is 2920. The molecule has 10 aromatic rings. The number of nitrogens with zero attached hydrogens (tertiary/aromatic N) is 2. The van der Waals surface area contributed by atoms with Gasteiger partial charge in [0.25, 0.3) is 0 Å². The minimum atomic E-state index is 0.937. The fourth-order valence-corrected chi connectivity index (χ4v) is 8.72. The fraction of sp³-hybridized carbons (Fsp3) is 0.0638. The molecule has 0 amide bonds. The number of fused-ring (bicyclic) bond motifs is 9. The molecule has 238 valence electrons. The van der Waals surface area contributed by atoms with E-state index in [2.05, 4.69) is 166 Å². The van der Waals surface area contributed by atoms with Crippen LogP contribution in [0.1, 0.15) is 16.8 Å². The molecule has 2 aromatic heterocycles. The molecule has 50 heavy (non-hydrogen) atoms. The second-order valence-corrected chi connectivity index (χ2v) is 14.1. The zero-order chi connectivity index (χ0) is 33.8. The number of aryl methyl sites for hydroxylation is 3. The van der Waals surface area contributed by atoms with Crippen molar-refractivity contribution < 1.29 is 0 Å². The minimum absolute atomic E-state index is 0.937. The van der Waals surface area contributed by atoms with Crippen molar-refractivity contribution in [2.45, 2.75) is 20.8 Å². The maximum atomic E-state index is 4.94. The zero-order valence-electron chi connectivity index (χ0n) is 28.2. The Morgan fingerprint density at radius 1 is 0.500 bits per heavy atom. The Labute approximate surface area is 295 Å². The van der Waals surface area contributed by atoms with Gasteiger partial charge in [-0.15, -0.1) is 11.3 Å². The molecule has 0 bridgehead atoms. The molecule has 10 rings (SSSR count). The number of rotatable bonds is 2. The maximum Gasteiger partial charge on any atom is 0.0968 e. The van der Waals surface area contributed by atoms with Crippen LogP contribution < -0.4 is 0 Å². The van der Waals surface area contributed by atoms with Crippen LogP contribution >= 0.6 is 11.3 Å². The first-order valence-corrected chi connectivity index (χ1v) is 17.9. The highest BCUT2D eigenvalue weighted by atomic mass is 32.1. The van der Waals surface area contributed by atoms with Crippen molar-refractivity contribution in [3.63, 3.8) is 0 Å². The van der Waals surface area contributed by atoms with Crippen molar-refractivity contribution >= 4 is 74.9 Å². The first-order chi connectivity index (χ1) is 24.5. The Hall–Kier alpha value is -5.90. The molecule has 0 saturated carbocycles. The first-order valence-electron chi connectivity index (χ1n) is 17.1. The number of thiophene rings is 1. The summed E-state index contributed by atoms with van der Waals surface area (Å²) in [4.78, 5) is 9.84. The van der Waals surface area contributed by atoms with Gasteiger partial charge in [0.05, 0.1) is 22.4 Å². The normalized spacial score (nSPS) is 11.5. The summed E-state index contributed by atoms with van der Waals surface area (Å²) in [5, 5.41) is 10.3. The molecule has 0 atom stereocenters. The van der Waals surface area contributed by atoms with E-state index in [1.54, 1.807) is 0 Å². The highest BCUT2D eigenvalue weighted by Gasteiger charge is 2.18. The van der Waals surface area contributed by atoms with Crippen LogP contribution in [0, 0.1) is 20.8 Å². The summed E-state index contributed by atoms with van der Waals surface area (Å²) in [6.07, 6.45) is 0. The van der Waals surface area contributed by atoms with E-state index >= 15 is 0 Å². The predicted octanol–water partition coefficient (Wildman–Crippen LogP) is 13.4. The molecule has 0 spiro atoms. The lowest BCUT2D eigenvalue weighted by molar-refractivity contribution is 1.20. The molecule has 8 aromatic carbocycles. The van der Waals surface area contributed by atoms with Crippen molar-refractivity contribution in [1.82, 2.24) is 9.97 Å². The smallest absolute Gasteiger partial charge is 0.0968 e. The lowest BCUT2D eigenvalue weighted by atomic mass is 9.89. The van der Waals surface area contributed by atoms with Crippen LogP contribution in [0.4, 0.5) is 0 Å². The summed E-state index contributed by atoms with van der Waals surface area (Å²) in [5.74, 6) is 0. The fourth-order valence-electron chi connectivity index (χ4n) is 7.50. The zero-order valence-corrected chi connectivity index (χ0v) is 29.1. The molecule has 0 saturated heterocycles. The Morgan fingerprint density at radius 3 is 1.96 bits per heavy atom. The lowest BCUT2D eigenvalue weighted by Crippen LogP contribution is -1.95. The number of aromatic nitrogens is 2. The van der Waals surface area contributed by atoms with Crippen LogP contribution in [0.5, 0.6) is 0 Å². The topological polar surface area (TPSA) is 25.8 Å². The Kier molecular flexibility index (Phi) is 7.37. The first kappa shape index (κ1) is 30.2. The molecule has 0 N–H and O–H groups in total. The third-order valence-electron chi connectivity index (χ3n) is 9.95. The number of hydrogen-bond acceptors (Lipinski definition) is 3. The average Bonchev–Trinajstić information content (AvgIpc) is 3.56. The highest BCUT2D eigenvalue weighted by Crippen LogP contribution is 2.46. The monoisotopic (exact) mass is 658 g/mol. The quantitative estimate of drug-likeness (QED) is 0.173. The largest absolute Gasteiger partial charge is 0.249 e.